The van der Waals surface area contributed by atoms with Gasteiger partial charge in [0.15, 0.2) is 0 Å². The van der Waals surface area contributed by atoms with Crippen molar-refractivity contribution in [1.29, 1.82) is 0 Å². The molecule has 2 heterocycles. The molecule has 0 bridgehead atoms. The Morgan fingerprint density at radius 3 is 2.38 bits per heavy atom. The van der Waals surface area contributed by atoms with Gasteiger partial charge in [0.2, 0.25) is 0 Å². The number of rotatable bonds is 3. The molecule has 0 aliphatic carbocycles. The molecule has 1 aromatic heterocycles. The van der Waals surface area contributed by atoms with E-state index in [4.69, 9.17) is 16.0 Å². The van der Waals surface area contributed by atoms with E-state index >= 15 is 0 Å². The van der Waals surface area contributed by atoms with E-state index in [0.29, 0.717) is 0 Å². The van der Waals surface area contributed by atoms with Gasteiger partial charge in [-0.15, -0.1) is 0 Å². The Balaban J connectivity index is 1.55. The zero-order valence-electron chi connectivity index (χ0n) is 12.0. The fraction of sp³-hybridized carbons (Fsp3) is 0.312. The van der Waals surface area contributed by atoms with Crippen LogP contribution in [0.4, 0.5) is 5.69 Å². The molecule has 1 aromatic carbocycles. The Kier molecular flexibility index (Phi) is 4.15. The second kappa shape index (κ2) is 6.22. The van der Waals surface area contributed by atoms with Crippen LogP contribution in [0.3, 0.4) is 0 Å². The predicted molar refractivity (Wildman–Crippen MR) is 86.3 cm³/mol. The lowest BCUT2D eigenvalue weighted by molar-refractivity contribution is 0.271. The van der Waals surface area contributed by atoms with Gasteiger partial charge < -0.3 is 9.32 Å². The fourth-order valence-corrected chi connectivity index (χ4v) is 2.51. The van der Waals surface area contributed by atoms with Crippen LogP contribution in [0.2, 0.25) is 5.02 Å². The van der Waals surface area contributed by atoms with Crippen molar-refractivity contribution in [2.75, 3.05) is 31.1 Å². The molecule has 0 amide bonds. The van der Waals surface area contributed by atoms with Crippen molar-refractivity contribution in [2.45, 2.75) is 6.92 Å². The first kappa shape index (κ1) is 14.0. The Morgan fingerprint density at radius 1 is 1.05 bits per heavy atom. The Bertz CT molecular complexity index is 613. The molecule has 5 heteroatoms. The SMILES string of the molecule is Cc1ccc(/C=N/N2CCN(c3ccc(Cl)cc3)CC2)o1. The van der Waals surface area contributed by atoms with Gasteiger partial charge in [0, 0.05) is 23.8 Å². The highest BCUT2D eigenvalue weighted by molar-refractivity contribution is 6.30. The summed E-state index contributed by atoms with van der Waals surface area (Å²) < 4.78 is 5.48. The van der Waals surface area contributed by atoms with Gasteiger partial charge in [-0.05, 0) is 43.3 Å². The average molecular weight is 304 g/mol. The number of piperazine rings is 1. The van der Waals surface area contributed by atoms with Crippen molar-refractivity contribution in [3.63, 3.8) is 0 Å². The average Bonchev–Trinajstić information content (AvgIpc) is 2.92. The molecule has 4 nitrogen and oxygen atoms in total. The number of halogens is 1. The molecule has 0 radical (unpaired) electrons. The molecular weight excluding hydrogens is 286 g/mol. The molecule has 0 N–H and O–H groups in total. The largest absolute Gasteiger partial charge is 0.460 e. The van der Waals surface area contributed by atoms with Crippen molar-refractivity contribution >= 4 is 23.5 Å². The first-order valence-electron chi connectivity index (χ1n) is 7.06. The Hall–Kier alpha value is -1.94. The van der Waals surface area contributed by atoms with Crippen molar-refractivity contribution < 1.29 is 4.42 Å². The van der Waals surface area contributed by atoms with Crippen LogP contribution in [0.15, 0.2) is 45.9 Å². The van der Waals surface area contributed by atoms with E-state index in [9.17, 15) is 0 Å². The highest BCUT2D eigenvalue weighted by Crippen LogP contribution is 2.19. The van der Waals surface area contributed by atoms with Crippen molar-refractivity contribution in [2.24, 2.45) is 5.10 Å². The summed E-state index contributed by atoms with van der Waals surface area (Å²) in [6, 6.07) is 11.9. The number of hydrogen-bond acceptors (Lipinski definition) is 4. The third-order valence-electron chi connectivity index (χ3n) is 3.56. The van der Waals surface area contributed by atoms with Crippen LogP contribution in [-0.4, -0.2) is 37.4 Å². The molecule has 1 saturated heterocycles. The lowest BCUT2D eigenvalue weighted by Gasteiger charge is -2.34. The van der Waals surface area contributed by atoms with Gasteiger partial charge in [-0.25, -0.2) is 0 Å². The van der Waals surface area contributed by atoms with Crippen LogP contribution < -0.4 is 4.90 Å². The monoisotopic (exact) mass is 303 g/mol. The molecule has 0 unspecified atom stereocenters. The molecule has 2 aromatic rings. The standard InChI is InChI=1S/C16H18ClN3O/c1-13-2-7-16(21-13)12-18-20-10-8-19(9-11-20)15-5-3-14(17)4-6-15/h2-7,12H,8-11H2,1H3/b18-12+. The maximum atomic E-state index is 5.92. The van der Waals surface area contributed by atoms with E-state index in [2.05, 4.69) is 27.1 Å². The van der Waals surface area contributed by atoms with E-state index in [1.54, 1.807) is 6.21 Å². The molecule has 110 valence electrons. The van der Waals surface area contributed by atoms with E-state index in [0.717, 1.165) is 42.7 Å². The zero-order valence-corrected chi connectivity index (χ0v) is 12.8. The van der Waals surface area contributed by atoms with Crippen LogP contribution in [-0.2, 0) is 0 Å². The van der Waals surface area contributed by atoms with Crippen molar-refractivity contribution in [3.05, 3.63) is 52.9 Å². The second-order valence-corrected chi connectivity index (χ2v) is 5.55. The Morgan fingerprint density at radius 2 is 1.76 bits per heavy atom. The smallest absolute Gasteiger partial charge is 0.147 e. The fourth-order valence-electron chi connectivity index (χ4n) is 2.38. The van der Waals surface area contributed by atoms with Gasteiger partial charge in [-0.3, -0.25) is 5.01 Å². The zero-order chi connectivity index (χ0) is 14.7. The van der Waals surface area contributed by atoms with Crippen molar-refractivity contribution in [3.8, 4) is 0 Å². The summed E-state index contributed by atoms with van der Waals surface area (Å²) in [4.78, 5) is 2.35. The summed E-state index contributed by atoms with van der Waals surface area (Å²) >= 11 is 5.92. The summed E-state index contributed by atoms with van der Waals surface area (Å²) in [5.41, 5.74) is 1.21. The third kappa shape index (κ3) is 3.58. The molecule has 0 atom stereocenters. The van der Waals surface area contributed by atoms with Gasteiger partial charge in [0.25, 0.3) is 0 Å². The molecule has 0 saturated carbocycles. The number of benzene rings is 1. The van der Waals surface area contributed by atoms with Gasteiger partial charge in [0.1, 0.15) is 11.5 Å². The third-order valence-corrected chi connectivity index (χ3v) is 3.81. The number of hydrazone groups is 1. The number of hydrogen-bond donors (Lipinski definition) is 0. The van der Waals surface area contributed by atoms with E-state index < -0.39 is 0 Å². The quantitative estimate of drug-likeness (QED) is 0.815. The summed E-state index contributed by atoms with van der Waals surface area (Å²) in [6.07, 6.45) is 1.78. The van der Waals surface area contributed by atoms with Gasteiger partial charge in [0.05, 0.1) is 19.3 Å². The topological polar surface area (TPSA) is 32.0 Å². The van der Waals surface area contributed by atoms with Crippen LogP contribution >= 0.6 is 11.6 Å². The summed E-state index contributed by atoms with van der Waals surface area (Å²) in [6.45, 7) is 5.65. The van der Waals surface area contributed by atoms with Crippen molar-refractivity contribution in [1.82, 2.24) is 5.01 Å². The normalized spacial score (nSPS) is 15.9. The number of nitrogens with zero attached hydrogens (tertiary/aromatic N) is 3. The molecule has 1 aliphatic rings. The summed E-state index contributed by atoms with van der Waals surface area (Å²) in [5.74, 6) is 1.71. The summed E-state index contributed by atoms with van der Waals surface area (Å²) in [7, 11) is 0. The lowest BCUT2D eigenvalue weighted by atomic mass is 10.2. The first-order valence-corrected chi connectivity index (χ1v) is 7.44. The van der Waals surface area contributed by atoms with E-state index in [1.165, 1.54) is 5.69 Å². The molecular formula is C16H18ClN3O. The maximum Gasteiger partial charge on any atom is 0.147 e. The minimum Gasteiger partial charge on any atom is -0.460 e. The predicted octanol–water partition coefficient (Wildman–Crippen LogP) is 3.40. The first-order chi connectivity index (χ1) is 10.2. The number of anilines is 1. The molecule has 0 spiro atoms. The molecule has 1 fully saturated rings. The van der Waals surface area contributed by atoms with Crippen LogP contribution in [0.1, 0.15) is 11.5 Å². The highest BCUT2D eigenvalue weighted by atomic mass is 35.5. The van der Waals surface area contributed by atoms with Crippen LogP contribution in [0.25, 0.3) is 0 Å². The molecule has 21 heavy (non-hydrogen) atoms. The maximum absolute atomic E-state index is 5.92. The van der Waals surface area contributed by atoms with Gasteiger partial charge >= 0.3 is 0 Å². The van der Waals surface area contributed by atoms with E-state index in [1.807, 2.05) is 31.2 Å². The number of aryl methyl sites for hydroxylation is 1. The lowest BCUT2D eigenvalue weighted by Crippen LogP contribution is -2.44. The van der Waals surface area contributed by atoms with Gasteiger partial charge in [-0.2, -0.15) is 5.10 Å². The highest BCUT2D eigenvalue weighted by Gasteiger charge is 2.15. The summed E-state index contributed by atoms with van der Waals surface area (Å²) in [5, 5.41) is 7.32. The van der Waals surface area contributed by atoms with E-state index in [-0.39, 0.29) is 0 Å². The van der Waals surface area contributed by atoms with Gasteiger partial charge in [-0.1, -0.05) is 11.6 Å². The van der Waals surface area contributed by atoms with Crippen LogP contribution in [0.5, 0.6) is 0 Å². The Labute approximate surface area is 129 Å². The minimum atomic E-state index is 0.774. The minimum absolute atomic E-state index is 0.774. The molecule has 3 rings (SSSR count). The molecule has 1 aliphatic heterocycles. The van der Waals surface area contributed by atoms with Crippen LogP contribution in [0, 0.1) is 6.92 Å². The number of furan rings is 1. The second-order valence-electron chi connectivity index (χ2n) is 5.11.